The number of thiazole rings is 1. The zero-order valence-electron chi connectivity index (χ0n) is 19.8. The monoisotopic (exact) mass is 554 g/mol. The molecule has 0 spiro atoms. The van der Waals surface area contributed by atoms with Crippen molar-refractivity contribution in [1.29, 1.82) is 0 Å². The fourth-order valence-corrected chi connectivity index (χ4v) is 5.10. The van der Waals surface area contributed by atoms with E-state index >= 15 is 0 Å². The number of alkyl halides is 1. The van der Waals surface area contributed by atoms with E-state index in [1.165, 1.54) is 23.5 Å². The molecule has 0 amide bonds. The van der Waals surface area contributed by atoms with Crippen LogP contribution < -0.4 is 5.32 Å². The summed E-state index contributed by atoms with van der Waals surface area (Å²) >= 11 is 7.71. The average molecular weight is 555 g/mol. The van der Waals surface area contributed by atoms with Crippen LogP contribution in [0.15, 0.2) is 46.0 Å². The molecular weight excluding hydrogens is 530 g/mol. The Morgan fingerprint density at radius 1 is 1.38 bits per heavy atom. The first-order chi connectivity index (χ1) is 17.8. The molecule has 1 aromatic carbocycles. The molecule has 1 fully saturated rings. The van der Waals surface area contributed by atoms with E-state index in [1.807, 2.05) is 0 Å². The van der Waals surface area contributed by atoms with Gasteiger partial charge in [-0.1, -0.05) is 17.7 Å². The summed E-state index contributed by atoms with van der Waals surface area (Å²) in [5, 5.41) is 14.4. The molecule has 0 saturated carbocycles. The first-order valence-electron chi connectivity index (χ1n) is 11.6. The van der Waals surface area contributed by atoms with Crippen molar-refractivity contribution >= 4 is 40.7 Å². The number of likely N-dealkylation sites (tertiary alicyclic amines) is 1. The number of aromatic nitrogens is 1. The molecule has 2 aliphatic heterocycles. The summed E-state index contributed by atoms with van der Waals surface area (Å²) in [7, 11) is 0. The molecule has 0 bridgehead atoms. The number of carbonyl (C=O) groups excluding carboxylic acids is 1. The zero-order chi connectivity index (χ0) is 26.5. The number of aliphatic carboxylic acids is 1. The molecular formula is C24H25ClF2N4O5S. The molecule has 0 aliphatic carbocycles. The van der Waals surface area contributed by atoms with Gasteiger partial charge in [0, 0.05) is 47.5 Å². The third kappa shape index (κ3) is 6.50. The van der Waals surface area contributed by atoms with Crippen molar-refractivity contribution in [3.63, 3.8) is 0 Å². The number of hydrogen-bond donors (Lipinski definition) is 2. The molecule has 13 heteroatoms. The van der Waals surface area contributed by atoms with Crippen LogP contribution >= 0.6 is 22.9 Å². The van der Waals surface area contributed by atoms with E-state index in [-0.39, 0.29) is 36.7 Å². The molecule has 198 valence electrons. The van der Waals surface area contributed by atoms with Crippen molar-refractivity contribution in [3.8, 4) is 0 Å². The quantitative estimate of drug-likeness (QED) is 0.454. The number of carboxylic acid groups (broad SMARTS) is 1. The van der Waals surface area contributed by atoms with Crippen LogP contribution in [0.4, 0.5) is 8.78 Å². The van der Waals surface area contributed by atoms with Crippen LogP contribution in [0.3, 0.4) is 0 Å². The number of ether oxygens (including phenoxy) is 2. The van der Waals surface area contributed by atoms with Crippen molar-refractivity contribution < 1.29 is 33.0 Å². The number of amidine groups is 1. The second-order valence-corrected chi connectivity index (χ2v) is 9.71. The number of aliphatic imine (C=N–C) groups is 1. The number of esters is 1. The van der Waals surface area contributed by atoms with Gasteiger partial charge >= 0.3 is 11.9 Å². The van der Waals surface area contributed by atoms with E-state index in [4.69, 9.17) is 31.2 Å². The standard InChI is InChI=1S/C24H25ClF2N4O5S/c1-2-35-24(34)20-17(11-31-7-5-18(16(27)10-31)36-12-19(32)33)29-22(23-28-6-8-37-23)30-21(20)14-4-3-13(26)9-15(14)25/h3-4,6,8-9,16,18,21H,2,5,7,10-12H2,1H3,(H,29,30)(H,32,33). The lowest BCUT2D eigenvalue weighted by molar-refractivity contribution is -0.147. The van der Waals surface area contributed by atoms with Gasteiger partial charge in [-0.3, -0.25) is 9.89 Å². The van der Waals surface area contributed by atoms with Crippen LogP contribution in [0, 0.1) is 5.82 Å². The molecule has 2 N–H and O–H groups in total. The lowest BCUT2D eigenvalue weighted by Crippen LogP contribution is -2.48. The summed E-state index contributed by atoms with van der Waals surface area (Å²) < 4.78 is 39.2. The zero-order valence-corrected chi connectivity index (χ0v) is 21.4. The van der Waals surface area contributed by atoms with Crippen molar-refractivity contribution in [1.82, 2.24) is 15.2 Å². The minimum absolute atomic E-state index is 0.0305. The number of nitrogens with zero attached hydrogens (tertiary/aromatic N) is 3. The van der Waals surface area contributed by atoms with Gasteiger partial charge in [-0.2, -0.15) is 0 Å². The van der Waals surface area contributed by atoms with Crippen LogP contribution in [0.5, 0.6) is 0 Å². The maximum Gasteiger partial charge on any atom is 0.338 e. The Balaban J connectivity index is 1.68. The third-order valence-corrected chi connectivity index (χ3v) is 6.99. The number of carboxylic acids is 1. The molecule has 1 saturated heterocycles. The molecule has 4 rings (SSSR count). The van der Waals surface area contributed by atoms with Crippen LogP contribution in [0.2, 0.25) is 5.02 Å². The molecule has 3 heterocycles. The molecule has 0 radical (unpaired) electrons. The van der Waals surface area contributed by atoms with Gasteiger partial charge in [0.15, 0.2) is 10.8 Å². The number of carbonyl (C=O) groups is 2. The van der Waals surface area contributed by atoms with E-state index in [9.17, 15) is 18.4 Å². The number of rotatable bonds is 9. The van der Waals surface area contributed by atoms with Gasteiger partial charge in [0.25, 0.3) is 0 Å². The summed E-state index contributed by atoms with van der Waals surface area (Å²) in [5.74, 6) is -1.94. The lowest BCUT2D eigenvalue weighted by Gasteiger charge is -2.36. The van der Waals surface area contributed by atoms with Gasteiger partial charge in [-0.25, -0.2) is 23.4 Å². The summed E-state index contributed by atoms with van der Waals surface area (Å²) in [6.45, 7) is 1.73. The SMILES string of the molecule is CCOC(=O)C1=C(CN2CCC(OCC(=O)O)C(F)C2)NC(c2nccs2)=NC1c1ccc(F)cc1Cl. The van der Waals surface area contributed by atoms with E-state index in [1.54, 1.807) is 23.4 Å². The highest BCUT2D eigenvalue weighted by Crippen LogP contribution is 2.37. The molecule has 2 aliphatic rings. The lowest BCUT2D eigenvalue weighted by atomic mass is 9.94. The molecule has 37 heavy (non-hydrogen) atoms. The van der Waals surface area contributed by atoms with Crippen LogP contribution in [0.25, 0.3) is 0 Å². The van der Waals surface area contributed by atoms with Crippen molar-refractivity contribution in [2.45, 2.75) is 31.7 Å². The number of halogens is 3. The Hall–Kier alpha value is -2.93. The Morgan fingerprint density at radius 3 is 2.84 bits per heavy atom. The maximum atomic E-state index is 14.8. The minimum Gasteiger partial charge on any atom is -0.480 e. The normalized spacial score (nSPS) is 22.4. The van der Waals surface area contributed by atoms with Crippen molar-refractivity contribution in [3.05, 3.63) is 62.5 Å². The van der Waals surface area contributed by atoms with Gasteiger partial charge in [0.2, 0.25) is 0 Å². The van der Waals surface area contributed by atoms with Gasteiger partial charge in [0.1, 0.15) is 24.6 Å². The van der Waals surface area contributed by atoms with Crippen molar-refractivity contribution in [2.75, 3.05) is 32.8 Å². The summed E-state index contributed by atoms with van der Waals surface area (Å²) in [6, 6.07) is 2.94. The highest BCUT2D eigenvalue weighted by Gasteiger charge is 2.36. The second-order valence-electron chi connectivity index (χ2n) is 8.40. The average Bonchev–Trinajstić information content (AvgIpc) is 3.38. The van der Waals surface area contributed by atoms with Gasteiger partial charge in [-0.05, 0) is 25.5 Å². The second kappa shape index (κ2) is 12.1. The van der Waals surface area contributed by atoms with Gasteiger partial charge < -0.3 is 19.9 Å². The fourth-order valence-electron chi connectivity index (χ4n) is 4.25. The topological polar surface area (TPSA) is 113 Å². The van der Waals surface area contributed by atoms with Crippen molar-refractivity contribution in [2.24, 2.45) is 4.99 Å². The number of nitrogens with one attached hydrogen (secondary N) is 1. The van der Waals surface area contributed by atoms with Crippen LogP contribution in [-0.4, -0.2) is 77.9 Å². The molecule has 3 unspecified atom stereocenters. The Morgan fingerprint density at radius 2 is 2.19 bits per heavy atom. The maximum absolute atomic E-state index is 14.8. The van der Waals surface area contributed by atoms with E-state index in [2.05, 4.69) is 10.3 Å². The first-order valence-corrected chi connectivity index (χ1v) is 12.8. The predicted octanol–water partition coefficient (Wildman–Crippen LogP) is 3.36. The van der Waals surface area contributed by atoms with Crippen LogP contribution in [-0.2, 0) is 19.1 Å². The Kier molecular flexibility index (Phi) is 8.85. The third-order valence-electron chi connectivity index (χ3n) is 5.88. The van der Waals surface area contributed by atoms with E-state index in [0.29, 0.717) is 28.6 Å². The summed E-state index contributed by atoms with van der Waals surface area (Å²) in [4.78, 5) is 34.8. The molecule has 2 aromatic rings. The Labute approximate surface area is 220 Å². The summed E-state index contributed by atoms with van der Waals surface area (Å²) in [6.07, 6.45) is -0.359. The molecule has 9 nitrogen and oxygen atoms in total. The van der Waals surface area contributed by atoms with Gasteiger partial charge in [0.05, 0.1) is 18.3 Å². The smallest absolute Gasteiger partial charge is 0.338 e. The van der Waals surface area contributed by atoms with Gasteiger partial charge in [-0.15, -0.1) is 11.3 Å². The largest absolute Gasteiger partial charge is 0.480 e. The van der Waals surface area contributed by atoms with Crippen LogP contribution in [0.1, 0.15) is 30.0 Å². The number of hydrogen-bond acceptors (Lipinski definition) is 9. The fraction of sp³-hybridized carbons (Fsp3) is 0.417. The Bertz CT molecular complexity index is 1210. The highest BCUT2D eigenvalue weighted by atomic mass is 35.5. The highest BCUT2D eigenvalue weighted by molar-refractivity contribution is 7.11. The van der Waals surface area contributed by atoms with E-state index < -0.39 is 42.7 Å². The summed E-state index contributed by atoms with van der Waals surface area (Å²) in [5.41, 5.74) is 1.01. The first kappa shape index (κ1) is 27.1. The molecule has 3 atom stereocenters. The number of benzene rings is 1. The molecule has 1 aromatic heterocycles. The number of piperidine rings is 1. The van der Waals surface area contributed by atoms with E-state index in [0.717, 1.165) is 6.07 Å². The minimum atomic E-state index is -1.42. The predicted molar refractivity (Wildman–Crippen MR) is 133 cm³/mol.